The van der Waals surface area contributed by atoms with Crippen LogP contribution in [0.2, 0.25) is 0 Å². The molecule has 21 heavy (non-hydrogen) atoms. The Morgan fingerprint density at radius 2 is 2.05 bits per heavy atom. The van der Waals surface area contributed by atoms with Gasteiger partial charge in [-0.1, -0.05) is 35.9 Å². The summed E-state index contributed by atoms with van der Waals surface area (Å²) in [4.78, 5) is 0. The minimum absolute atomic E-state index is 0.476. The number of hydrogen-bond acceptors (Lipinski definition) is 2. The van der Waals surface area contributed by atoms with E-state index in [2.05, 4.69) is 55.6 Å². The maximum atomic E-state index is 6.14. The van der Waals surface area contributed by atoms with Crippen LogP contribution in [0.1, 0.15) is 40.3 Å². The van der Waals surface area contributed by atoms with Crippen LogP contribution in [0.15, 0.2) is 36.4 Å². The van der Waals surface area contributed by atoms with Crippen molar-refractivity contribution in [1.29, 1.82) is 0 Å². The number of aryl methyl sites for hydroxylation is 2. The van der Waals surface area contributed by atoms with Gasteiger partial charge in [-0.3, -0.25) is 0 Å². The molecule has 1 unspecified atom stereocenters. The third-order valence-electron chi connectivity index (χ3n) is 4.46. The molecule has 0 saturated carbocycles. The minimum atomic E-state index is 0.476. The Morgan fingerprint density at radius 3 is 2.86 bits per heavy atom. The van der Waals surface area contributed by atoms with Gasteiger partial charge in [-0.15, -0.1) is 0 Å². The van der Waals surface area contributed by atoms with Gasteiger partial charge in [0.2, 0.25) is 0 Å². The van der Waals surface area contributed by atoms with E-state index in [-0.39, 0.29) is 0 Å². The van der Waals surface area contributed by atoms with Gasteiger partial charge in [-0.2, -0.15) is 0 Å². The Balaban J connectivity index is 1.80. The van der Waals surface area contributed by atoms with Crippen LogP contribution in [0.5, 0.6) is 5.75 Å². The van der Waals surface area contributed by atoms with Crippen LogP contribution in [0.25, 0.3) is 0 Å². The van der Waals surface area contributed by atoms with Gasteiger partial charge in [-0.25, -0.2) is 0 Å². The van der Waals surface area contributed by atoms with E-state index >= 15 is 0 Å². The van der Waals surface area contributed by atoms with Crippen LogP contribution in [0.3, 0.4) is 0 Å². The molecule has 110 valence electrons. The van der Waals surface area contributed by atoms with E-state index in [1.807, 2.05) is 7.05 Å². The summed E-state index contributed by atoms with van der Waals surface area (Å²) in [5.41, 5.74) is 6.63. The van der Waals surface area contributed by atoms with Gasteiger partial charge in [0.25, 0.3) is 0 Å². The van der Waals surface area contributed by atoms with E-state index in [9.17, 15) is 0 Å². The van der Waals surface area contributed by atoms with Crippen molar-refractivity contribution >= 4 is 0 Å². The lowest BCUT2D eigenvalue weighted by Gasteiger charge is -2.14. The average molecular weight is 281 g/mol. The van der Waals surface area contributed by atoms with E-state index < -0.39 is 0 Å². The van der Waals surface area contributed by atoms with Crippen molar-refractivity contribution in [1.82, 2.24) is 5.32 Å². The molecule has 0 aromatic heterocycles. The van der Waals surface area contributed by atoms with Crippen molar-refractivity contribution in [3.8, 4) is 5.75 Å². The van der Waals surface area contributed by atoms with E-state index in [0.717, 1.165) is 18.6 Å². The SMILES string of the molecule is CNC1CCc2c(OCc3cc(C)ccc3C)cccc21. The van der Waals surface area contributed by atoms with Gasteiger partial charge in [0.15, 0.2) is 0 Å². The topological polar surface area (TPSA) is 21.3 Å². The Bertz CT molecular complexity index is 648. The molecular weight excluding hydrogens is 258 g/mol. The Morgan fingerprint density at radius 1 is 1.19 bits per heavy atom. The third kappa shape index (κ3) is 2.81. The molecule has 1 atom stereocenters. The molecule has 0 fully saturated rings. The summed E-state index contributed by atoms with van der Waals surface area (Å²) < 4.78 is 6.14. The number of fused-ring (bicyclic) bond motifs is 1. The molecule has 1 aliphatic rings. The van der Waals surface area contributed by atoms with Crippen LogP contribution in [-0.2, 0) is 13.0 Å². The Kier molecular flexibility index (Phi) is 3.98. The van der Waals surface area contributed by atoms with Gasteiger partial charge < -0.3 is 10.1 Å². The van der Waals surface area contributed by atoms with Crippen LogP contribution >= 0.6 is 0 Å². The van der Waals surface area contributed by atoms with Crippen molar-refractivity contribution in [3.05, 3.63) is 64.2 Å². The molecule has 2 heteroatoms. The molecular formula is C19H23NO. The average Bonchev–Trinajstić information content (AvgIpc) is 2.92. The first-order chi connectivity index (χ1) is 10.2. The standard InChI is InChI=1S/C19H23NO/c1-13-7-8-14(2)15(11-13)12-21-19-6-4-5-16-17(19)9-10-18(16)20-3/h4-8,11,18,20H,9-10,12H2,1-3H3. The zero-order chi connectivity index (χ0) is 14.8. The largest absolute Gasteiger partial charge is 0.489 e. The van der Waals surface area contributed by atoms with Crippen molar-refractivity contribution < 1.29 is 4.74 Å². The normalized spacial score (nSPS) is 16.8. The monoisotopic (exact) mass is 281 g/mol. The second kappa shape index (κ2) is 5.90. The quantitative estimate of drug-likeness (QED) is 0.911. The van der Waals surface area contributed by atoms with E-state index in [0.29, 0.717) is 12.6 Å². The first kappa shape index (κ1) is 14.2. The second-order valence-corrected chi connectivity index (χ2v) is 5.92. The molecule has 2 nitrogen and oxygen atoms in total. The maximum absolute atomic E-state index is 6.14. The molecule has 0 heterocycles. The molecule has 0 spiro atoms. The highest BCUT2D eigenvalue weighted by Crippen LogP contribution is 2.37. The molecule has 2 aromatic rings. The van der Waals surface area contributed by atoms with Gasteiger partial charge in [0.1, 0.15) is 12.4 Å². The molecule has 3 rings (SSSR count). The summed E-state index contributed by atoms with van der Waals surface area (Å²) in [6.45, 7) is 4.92. The zero-order valence-electron chi connectivity index (χ0n) is 13.1. The van der Waals surface area contributed by atoms with Crippen molar-refractivity contribution in [2.24, 2.45) is 0 Å². The van der Waals surface area contributed by atoms with Gasteiger partial charge in [-0.05, 0) is 62.1 Å². The van der Waals surface area contributed by atoms with Gasteiger partial charge >= 0.3 is 0 Å². The van der Waals surface area contributed by atoms with Crippen LogP contribution in [0.4, 0.5) is 0 Å². The van der Waals surface area contributed by atoms with Gasteiger partial charge in [0.05, 0.1) is 0 Å². The Hall–Kier alpha value is -1.80. The fourth-order valence-corrected chi connectivity index (χ4v) is 3.17. The summed E-state index contributed by atoms with van der Waals surface area (Å²) in [5, 5.41) is 3.38. The predicted octanol–water partition coefficient (Wildman–Crippen LogP) is 4.09. The highest BCUT2D eigenvalue weighted by atomic mass is 16.5. The highest BCUT2D eigenvalue weighted by Gasteiger charge is 2.23. The van der Waals surface area contributed by atoms with Crippen molar-refractivity contribution in [3.63, 3.8) is 0 Å². The molecule has 0 radical (unpaired) electrons. The zero-order valence-corrected chi connectivity index (χ0v) is 13.1. The maximum Gasteiger partial charge on any atom is 0.123 e. The smallest absolute Gasteiger partial charge is 0.123 e. The van der Waals surface area contributed by atoms with Crippen molar-refractivity contribution in [2.45, 2.75) is 39.3 Å². The fourth-order valence-electron chi connectivity index (χ4n) is 3.17. The number of hydrogen-bond donors (Lipinski definition) is 1. The fraction of sp³-hybridized carbons (Fsp3) is 0.368. The molecule has 0 aliphatic heterocycles. The summed E-state index contributed by atoms with van der Waals surface area (Å²) in [6.07, 6.45) is 2.26. The lowest BCUT2D eigenvalue weighted by Crippen LogP contribution is -2.12. The molecule has 2 aromatic carbocycles. The molecule has 0 amide bonds. The molecule has 0 bridgehead atoms. The highest BCUT2D eigenvalue weighted by molar-refractivity contribution is 5.45. The Labute approximate surface area is 127 Å². The molecule has 1 N–H and O–H groups in total. The summed E-state index contributed by atoms with van der Waals surface area (Å²) >= 11 is 0. The van der Waals surface area contributed by atoms with E-state index in [1.54, 1.807) is 0 Å². The number of ether oxygens (including phenoxy) is 1. The second-order valence-electron chi connectivity index (χ2n) is 5.92. The van der Waals surface area contributed by atoms with Crippen molar-refractivity contribution in [2.75, 3.05) is 7.05 Å². The van der Waals surface area contributed by atoms with Crippen LogP contribution < -0.4 is 10.1 Å². The van der Waals surface area contributed by atoms with Crippen LogP contribution in [-0.4, -0.2) is 7.05 Å². The predicted molar refractivity (Wildman–Crippen MR) is 86.8 cm³/mol. The summed E-state index contributed by atoms with van der Waals surface area (Å²) in [6, 6.07) is 13.4. The minimum Gasteiger partial charge on any atom is -0.489 e. The number of nitrogens with one attached hydrogen (secondary N) is 1. The lowest BCUT2D eigenvalue weighted by molar-refractivity contribution is 0.302. The van der Waals surface area contributed by atoms with E-state index in [1.165, 1.54) is 27.8 Å². The van der Waals surface area contributed by atoms with E-state index in [4.69, 9.17) is 4.74 Å². The summed E-state index contributed by atoms with van der Waals surface area (Å²) in [5.74, 6) is 1.05. The number of rotatable bonds is 4. The summed E-state index contributed by atoms with van der Waals surface area (Å²) in [7, 11) is 2.03. The van der Waals surface area contributed by atoms with Gasteiger partial charge in [0, 0.05) is 6.04 Å². The number of benzene rings is 2. The third-order valence-corrected chi connectivity index (χ3v) is 4.46. The molecule has 1 aliphatic carbocycles. The lowest BCUT2D eigenvalue weighted by atomic mass is 10.1. The van der Waals surface area contributed by atoms with Crippen LogP contribution in [0, 0.1) is 13.8 Å². The first-order valence-corrected chi connectivity index (χ1v) is 7.67. The molecule has 0 saturated heterocycles. The first-order valence-electron chi connectivity index (χ1n) is 7.67.